The Hall–Kier alpha value is -0.450. The number of fused-ring (bicyclic) bond motifs is 1. The lowest BCUT2D eigenvalue weighted by Gasteiger charge is -2.53. The molecule has 2 saturated heterocycles. The summed E-state index contributed by atoms with van der Waals surface area (Å²) in [5.74, 6) is 0. The van der Waals surface area contributed by atoms with Crippen molar-refractivity contribution in [3.63, 3.8) is 0 Å². The highest BCUT2D eigenvalue weighted by Crippen LogP contribution is 2.33. The number of piperazine rings is 1. The Labute approximate surface area is 116 Å². The molecule has 3 fully saturated rings. The molecule has 1 aliphatic carbocycles. The topological polar surface area (TPSA) is 26.8 Å². The smallest absolute Gasteiger partial charge is 0.133 e. The zero-order chi connectivity index (χ0) is 13.2. The van der Waals surface area contributed by atoms with Crippen LogP contribution >= 0.6 is 0 Å². The third-order valence-corrected chi connectivity index (χ3v) is 5.43. The Morgan fingerprint density at radius 2 is 1.74 bits per heavy atom. The molecule has 0 N–H and O–H groups in total. The van der Waals surface area contributed by atoms with Crippen LogP contribution in [0.3, 0.4) is 0 Å². The number of rotatable bonds is 3. The molecular weight excluding hydrogens is 238 g/mol. The van der Waals surface area contributed by atoms with E-state index in [2.05, 4.69) is 21.7 Å². The number of carbonyl (C=O) groups excluding carboxylic acids is 1. The van der Waals surface area contributed by atoms with E-state index in [4.69, 9.17) is 0 Å². The van der Waals surface area contributed by atoms with Gasteiger partial charge in [-0.25, -0.2) is 0 Å². The largest absolute Gasteiger partial charge is 0.302 e. The summed E-state index contributed by atoms with van der Waals surface area (Å²) >= 11 is 0. The van der Waals surface area contributed by atoms with Gasteiger partial charge in [-0.1, -0.05) is 6.42 Å². The van der Waals surface area contributed by atoms with Crippen molar-refractivity contribution in [2.24, 2.45) is 0 Å². The Kier molecular flexibility index (Phi) is 4.20. The maximum Gasteiger partial charge on any atom is 0.133 e. The molecule has 3 atom stereocenters. The molecular formula is C15H27N3O. The van der Waals surface area contributed by atoms with Gasteiger partial charge in [0, 0.05) is 31.2 Å². The van der Waals surface area contributed by atoms with Gasteiger partial charge in [0.05, 0.1) is 6.54 Å². The predicted octanol–water partition coefficient (Wildman–Crippen LogP) is 0.818. The van der Waals surface area contributed by atoms with Gasteiger partial charge in [-0.05, 0) is 45.8 Å². The third-order valence-electron chi connectivity index (χ3n) is 5.43. The highest BCUT2D eigenvalue weighted by atomic mass is 16.1. The average Bonchev–Trinajstić information content (AvgIpc) is 2.96. The second kappa shape index (κ2) is 5.90. The van der Waals surface area contributed by atoms with Crippen LogP contribution in [-0.4, -0.2) is 78.9 Å². The van der Waals surface area contributed by atoms with Gasteiger partial charge in [0.2, 0.25) is 0 Å². The molecule has 4 heteroatoms. The monoisotopic (exact) mass is 265 g/mol. The summed E-state index contributed by atoms with van der Waals surface area (Å²) in [4.78, 5) is 18.7. The number of hydrogen-bond donors (Lipinski definition) is 0. The van der Waals surface area contributed by atoms with Crippen LogP contribution in [0.25, 0.3) is 0 Å². The van der Waals surface area contributed by atoms with E-state index in [1.165, 1.54) is 45.2 Å². The first kappa shape index (κ1) is 13.5. The second-order valence-corrected chi connectivity index (χ2v) is 6.44. The lowest BCUT2D eigenvalue weighted by Crippen LogP contribution is -2.67. The van der Waals surface area contributed by atoms with Crippen molar-refractivity contribution in [2.75, 3.05) is 39.8 Å². The SMILES string of the molecule is CN1CCN(CC=O)C2C1CCCC2N1CCCC1. The fraction of sp³-hybridized carbons (Fsp3) is 0.933. The van der Waals surface area contributed by atoms with Crippen LogP contribution in [0.1, 0.15) is 32.1 Å². The Morgan fingerprint density at radius 1 is 1.00 bits per heavy atom. The van der Waals surface area contributed by atoms with Gasteiger partial charge in [0.1, 0.15) is 6.29 Å². The first-order valence-electron chi connectivity index (χ1n) is 7.93. The van der Waals surface area contributed by atoms with E-state index in [0.29, 0.717) is 24.7 Å². The van der Waals surface area contributed by atoms with Crippen LogP contribution in [0.15, 0.2) is 0 Å². The molecule has 19 heavy (non-hydrogen) atoms. The van der Waals surface area contributed by atoms with Gasteiger partial charge in [0.15, 0.2) is 0 Å². The summed E-state index contributed by atoms with van der Waals surface area (Å²) in [6.07, 6.45) is 7.79. The van der Waals surface area contributed by atoms with Crippen molar-refractivity contribution in [1.82, 2.24) is 14.7 Å². The van der Waals surface area contributed by atoms with Crippen LogP contribution in [0.2, 0.25) is 0 Å². The normalized spacial score (nSPS) is 38.3. The molecule has 3 rings (SSSR count). The summed E-state index contributed by atoms with van der Waals surface area (Å²) in [6, 6.07) is 1.92. The maximum atomic E-state index is 11.0. The molecule has 3 aliphatic rings. The number of carbonyl (C=O) groups is 1. The number of aldehydes is 1. The van der Waals surface area contributed by atoms with Crippen molar-refractivity contribution in [1.29, 1.82) is 0 Å². The zero-order valence-electron chi connectivity index (χ0n) is 12.1. The molecule has 4 nitrogen and oxygen atoms in total. The standard InChI is InChI=1S/C15H27N3O/c1-16-9-10-18(11-12-19)15-13(16)5-4-6-14(15)17-7-2-3-8-17/h12-15H,2-11H2,1H3. The van der Waals surface area contributed by atoms with Crippen LogP contribution in [0.4, 0.5) is 0 Å². The molecule has 0 spiro atoms. The van der Waals surface area contributed by atoms with E-state index in [1.807, 2.05) is 0 Å². The Bertz CT molecular complexity index is 317. The quantitative estimate of drug-likeness (QED) is 0.706. The lowest BCUT2D eigenvalue weighted by molar-refractivity contribution is -0.112. The summed E-state index contributed by atoms with van der Waals surface area (Å²) in [7, 11) is 2.27. The lowest BCUT2D eigenvalue weighted by atomic mass is 9.82. The van der Waals surface area contributed by atoms with Crippen LogP contribution in [-0.2, 0) is 4.79 Å². The van der Waals surface area contributed by atoms with Gasteiger partial charge < -0.3 is 9.69 Å². The second-order valence-electron chi connectivity index (χ2n) is 6.44. The molecule has 3 unspecified atom stereocenters. The molecule has 0 aromatic rings. The Balaban J connectivity index is 1.80. The predicted molar refractivity (Wildman–Crippen MR) is 76.3 cm³/mol. The number of nitrogens with zero attached hydrogens (tertiary/aromatic N) is 3. The van der Waals surface area contributed by atoms with Crippen molar-refractivity contribution >= 4 is 6.29 Å². The first-order valence-corrected chi connectivity index (χ1v) is 7.93. The fourth-order valence-corrected chi connectivity index (χ4v) is 4.48. The van der Waals surface area contributed by atoms with Crippen LogP contribution < -0.4 is 0 Å². The van der Waals surface area contributed by atoms with Crippen molar-refractivity contribution in [3.8, 4) is 0 Å². The molecule has 0 aromatic carbocycles. The third kappa shape index (κ3) is 2.58. The maximum absolute atomic E-state index is 11.0. The van der Waals surface area contributed by atoms with Gasteiger partial charge >= 0.3 is 0 Å². The molecule has 2 aliphatic heterocycles. The van der Waals surface area contributed by atoms with Gasteiger partial charge in [-0.15, -0.1) is 0 Å². The van der Waals surface area contributed by atoms with Gasteiger partial charge in [-0.3, -0.25) is 9.80 Å². The van der Waals surface area contributed by atoms with E-state index < -0.39 is 0 Å². The van der Waals surface area contributed by atoms with E-state index in [-0.39, 0.29) is 0 Å². The van der Waals surface area contributed by atoms with Gasteiger partial charge in [0.25, 0.3) is 0 Å². The van der Waals surface area contributed by atoms with Crippen molar-refractivity contribution < 1.29 is 4.79 Å². The summed E-state index contributed by atoms with van der Waals surface area (Å²) in [6.45, 7) is 5.33. The van der Waals surface area contributed by atoms with Crippen molar-refractivity contribution in [2.45, 2.75) is 50.2 Å². The fourth-order valence-electron chi connectivity index (χ4n) is 4.48. The van der Waals surface area contributed by atoms with Crippen LogP contribution in [0, 0.1) is 0 Å². The van der Waals surface area contributed by atoms with Crippen molar-refractivity contribution in [3.05, 3.63) is 0 Å². The first-order chi connectivity index (χ1) is 9.31. The molecule has 108 valence electrons. The molecule has 0 amide bonds. The molecule has 0 radical (unpaired) electrons. The molecule has 0 bridgehead atoms. The minimum atomic E-state index is 0.579. The minimum absolute atomic E-state index is 0.579. The van der Waals surface area contributed by atoms with E-state index in [0.717, 1.165) is 19.4 Å². The number of likely N-dealkylation sites (N-methyl/N-ethyl adjacent to an activating group) is 1. The average molecular weight is 265 g/mol. The molecule has 2 heterocycles. The van der Waals surface area contributed by atoms with E-state index in [1.54, 1.807) is 0 Å². The highest BCUT2D eigenvalue weighted by Gasteiger charge is 2.44. The zero-order valence-corrected chi connectivity index (χ0v) is 12.1. The minimum Gasteiger partial charge on any atom is -0.302 e. The van der Waals surface area contributed by atoms with E-state index in [9.17, 15) is 4.79 Å². The highest BCUT2D eigenvalue weighted by molar-refractivity contribution is 5.52. The Morgan fingerprint density at radius 3 is 2.47 bits per heavy atom. The molecule has 0 aromatic heterocycles. The summed E-state index contributed by atoms with van der Waals surface area (Å²) in [5.41, 5.74) is 0. The molecule has 1 saturated carbocycles. The number of hydrogen-bond acceptors (Lipinski definition) is 4. The van der Waals surface area contributed by atoms with E-state index >= 15 is 0 Å². The summed E-state index contributed by atoms with van der Waals surface area (Å²) < 4.78 is 0. The van der Waals surface area contributed by atoms with Gasteiger partial charge in [-0.2, -0.15) is 0 Å². The van der Waals surface area contributed by atoms with Crippen LogP contribution in [0.5, 0.6) is 0 Å². The number of likely N-dealkylation sites (tertiary alicyclic amines) is 1. The summed E-state index contributed by atoms with van der Waals surface area (Å²) in [5, 5.41) is 0.